The van der Waals surface area contributed by atoms with Crippen LogP contribution in [0.25, 0.3) is 6.08 Å². The fourth-order valence-corrected chi connectivity index (χ4v) is 2.29. The predicted molar refractivity (Wildman–Crippen MR) is 82.4 cm³/mol. The predicted octanol–water partition coefficient (Wildman–Crippen LogP) is 3.02. The monoisotopic (exact) mass is 296 g/mol. The quantitative estimate of drug-likeness (QED) is 0.420. The molecule has 0 radical (unpaired) electrons. The SMILES string of the molecule is C=Cc1cn(COCC[Si](C)(C)C)c(C(=O)OCC)n1. The largest absolute Gasteiger partial charge is 0.460 e. The van der Waals surface area contributed by atoms with Crippen LogP contribution in [0.15, 0.2) is 12.8 Å². The van der Waals surface area contributed by atoms with Crippen LogP contribution in [0.3, 0.4) is 0 Å². The van der Waals surface area contributed by atoms with Gasteiger partial charge in [-0.15, -0.1) is 0 Å². The third kappa shape index (κ3) is 5.30. The van der Waals surface area contributed by atoms with Crippen molar-refractivity contribution in [2.75, 3.05) is 13.2 Å². The van der Waals surface area contributed by atoms with Gasteiger partial charge < -0.3 is 14.0 Å². The number of rotatable bonds is 8. The summed E-state index contributed by atoms with van der Waals surface area (Å²) < 4.78 is 12.3. The van der Waals surface area contributed by atoms with Gasteiger partial charge in [0.25, 0.3) is 0 Å². The summed E-state index contributed by atoms with van der Waals surface area (Å²) in [6.45, 7) is 13.6. The number of nitrogens with zero attached hydrogens (tertiary/aromatic N) is 2. The van der Waals surface area contributed by atoms with E-state index in [-0.39, 0.29) is 5.82 Å². The zero-order valence-corrected chi connectivity index (χ0v) is 13.8. The lowest BCUT2D eigenvalue weighted by atomic mass is 10.5. The molecule has 1 rings (SSSR count). The summed E-state index contributed by atoms with van der Waals surface area (Å²) in [5, 5.41) is 0. The Morgan fingerprint density at radius 2 is 2.20 bits per heavy atom. The molecule has 0 fully saturated rings. The summed E-state index contributed by atoms with van der Waals surface area (Å²) in [7, 11) is -1.10. The van der Waals surface area contributed by atoms with E-state index >= 15 is 0 Å². The fourth-order valence-electron chi connectivity index (χ4n) is 1.53. The second-order valence-electron chi connectivity index (χ2n) is 5.73. The Labute approximate surface area is 121 Å². The maximum absolute atomic E-state index is 11.8. The van der Waals surface area contributed by atoms with Gasteiger partial charge in [0.2, 0.25) is 5.82 Å². The number of carbonyl (C=O) groups is 1. The molecule has 0 amide bonds. The maximum atomic E-state index is 11.8. The third-order valence-corrected chi connectivity index (χ3v) is 4.39. The number of hydrogen-bond donors (Lipinski definition) is 0. The highest BCUT2D eigenvalue weighted by Crippen LogP contribution is 2.10. The zero-order chi connectivity index (χ0) is 15.2. The standard InChI is InChI=1S/C14H24N2O3Si/c1-6-12-10-16(11-18-8-9-20(3,4)5)13(15-12)14(17)19-7-2/h6,10H,1,7-9,11H2,2-5H3. The van der Waals surface area contributed by atoms with Crippen molar-refractivity contribution in [1.29, 1.82) is 0 Å². The summed E-state index contributed by atoms with van der Waals surface area (Å²) in [6.07, 6.45) is 3.34. The third-order valence-electron chi connectivity index (χ3n) is 2.69. The molecule has 5 nitrogen and oxygen atoms in total. The van der Waals surface area contributed by atoms with Crippen LogP contribution in [-0.4, -0.2) is 36.8 Å². The molecule has 20 heavy (non-hydrogen) atoms. The van der Waals surface area contributed by atoms with Crippen LogP contribution >= 0.6 is 0 Å². The van der Waals surface area contributed by atoms with E-state index in [2.05, 4.69) is 31.2 Å². The van der Waals surface area contributed by atoms with Gasteiger partial charge in [0.1, 0.15) is 6.73 Å². The average molecular weight is 296 g/mol. The molecule has 1 aromatic heterocycles. The molecular formula is C14H24N2O3Si. The van der Waals surface area contributed by atoms with E-state index in [9.17, 15) is 4.79 Å². The van der Waals surface area contributed by atoms with E-state index in [1.807, 2.05) is 0 Å². The molecule has 0 atom stereocenters. The summed E-state index contributed by atoms with van der Waals surface area (Å²) in [6, 6.07) is 1.09. The molecule has 0 saturated heterocycles. The number of hydrogen-bond acceptors (Lipinski definition) is 4. The first kappa shape index (κ1) is 16.7. The smallest absolute Gasteiger partial charge is 0.374 e. The van der Waals surface area contributed by atoms with Crippen LogP contribution in [0.1, 0.15) is 23.2 Å². The van der Waals surface area contributed by atoms with Gasteiger partial charge in [0, 0.05) is 20.9 Å². The van der Waals surface area contributed by atoms with Gasteiger partial charge in [-0.2, -0.15) is 0 Å². The molecule has 0 spiro atoms. The Kier molecular flexibility index (Phi) is 6.16. The second kappa shape index (κ2) is 7.40. The van der Waals surface area contributed by atoms with Gasteiger partial charge >= 0.3 is 5.97 Å². The minimum absolute atomic E-state index is 0.259. The van der Waals surface area contributed by atoms with Crippen molar-refractivity contribution < 1.29 is 14.3 Å². The van der Waals surface area contributed by atoms with E-state index in [1.165, 1.54) is 0 Å². The van der Waals surface area contributed by atoms with Gasteiger partial charge in [-0.05, 0) is 19.0 Å². The van der Waals surface area contributed by atoms with Crippen molar-refractivity contribution in [3.63, 3.8) is 0 Å². The fraction of sp³-hybridized carbons (Fsp3) is 0.571. The minimum Gasteiger partial charge on any atom is -0.460 e. The molecule has 0 aliphatic rings. The Balaban J connectivity index is 2.66. The van der Waals surface area contributed by atoms with E-state index in [0.717, 1.165) is 6.04 Å². The van der Waals surface area contributed by atoms with E-state index in [0.29, 0.717) is 25.6 Å². The van der Waals surface area contributed by atoms with E-state index in [4.69, 9.17) is 9.47 Å². The van der Waals surface area contributed by atoms with Crippen LogP contribution in [0.4, 0.5) is 0 Å². The molecule has 1 aromatic rings. The lowest BCUT2D eigenvalue weighted by Crippen LogP contribution is -2.22. The highest BCUT2D eigenvalue weighted by atomic mass is 28.3. The van der Waals surface area contributed by atoms with E-state index < -0.39 is 14.0 Å². The van der Waals surface area contributed by atoms with Gasteiger partial charge in [0.05, 0.1) is 12.3 Å². The van der Waals surface area contributed by atoms with Gasteiger partial charge in [0.15, 0.2) is 0 Å². The van der Waals surface area contributed by atoms with Gasteiger partial charge in [-0.25, -0.2) is 9.78 Å². The summed E-state index contributed by atoms with van der Waals surface area (Å²) in [5.41, 5.74) is 0.641. The van der Waals surface area contributed by atoms with Gasteiger partial charge in [-0.1, -0.05) is 26.2 Å². The second-order valence-corrected chi connectivity index (χ2v) is 11.4. The highest BCUT2D eigenvalue weighted by molar-refractivity contribution is 6.76. The molecule has 0 N–H and O–H groups in total. The van der Waals surface area contributed by atoms with Crippen molar-refractivity contribution in [1.82, 2.24) is 9.55 Å². The topological polar surface area (TPSA) is 53.4 Å². The lowest BCUT2D eigenvalue weighted by Gasteiger charge is -2.15. The first-order valence-corrected chi connectivity index (χ1v) is 10.5. The Morgan fingerprint density at radius 1 is 1.50 bits per heavy atom. The summed E-state index contributed by atoms with van der Waals surface area (Å²) in [4.78, 5) is 16.0. The minimum atomic E-state index is -1.10. The highest BCUT2D eigenvalue weighted by Gasteiger charge is 2.17. The summed E-state index contributed by atoms with van der Waals surface area (Å²) in [5.74, 6) is -0.177. The van der Waals surface area contributed by atoms with Crippen molar-refractivity contribution in [3.8, 4) is 0 Å². The molecular weight excluding hydrogens is 272 g/mol. The normalized spacial score (nSPS) is 11.4. The van der Waals surface area contributed by atoms with Crippen LogP contribution in [0.5, 0.6) is 0 Å². The Bertz CT molecular complexity index is 463. The maximum Gasteiger partial charge on any atom is 0.374 e. The van der Waals surface area contributed by atoms with Crippen molar-refractivity contribution in [2.45, 2.75) is 39.3 Å². The van der Waals surface area contributed by atoms with E-state index in [1.54, 1.807) is 23.8 Å². The van der Waals surface area contributed by atoms with Crippen molar-refractivity contribution in [3.05, 3.63) is 24.3 Å². The number of imidazole rings is 1. The first-order valence-electron chi connectivity index (χ1n) is 6.82. The van der Waals surface area contributed by atoms with Crippen LogP contribution in [-0.2, 0) is 16.2 Å². The van der Waals surface area contributed by atoms with Gasteiger partial charge in [-0.3, -0.25) is 0 Å². The summed E-state index contributed by atoms with van der Waals surface area (Å²) >= 11 is 0. The molecule has 1 heterocycles. The average Bonchev–Trinajstić information content (AvgIpc) is 2.77. The number of carbonyl (C=O) groups excluding carboxylic acids is 1. The molecule has 112 valence electrons. The van der Waals surface area contributed by atoms with Crippen molar-refractivity contribution >= 4 is 20.1 Å². The Morgan fingerprint density at radius 3 is 2.75 bits per heavy atom. The lowest BCUT2D eigenvalue weighted by molar-refractivity contribution is 0.0464. The molecule has 6 heteroatoms. The molecule has 0 aromatic carbocycles. The van der Waals surface area contributed by atoms with Crippen LogP contribution in [0, 0.1) is 0 Å². The van der Waals surface area contributed by atoms with Crippen molar-refractivity contribution in [2.24, 2.45) is 0 Å². The number of esters is 1. The van der Waals surface area contributed by atoms with Crippen LogP contribution in [0.2, 0.25) is 25.7 Å². The Hall–Kier alpha value is -1.40. The molecule has 0 aliphatic heterocycles. The number of aromatic nitrogens is 2. The first-order chi connectivity index (χ1) is 9.37. The zero-order valence-electron chi connectivity index (χ0n) is 12.8. The molecule has 0 saturated carbocycles. The molecule has 0 unspecified atom stereocenters. The molecule has 0 bridgehead atoms. The van der Waals surface area contributed by atoms with Crippen LogP contribution < -0.4 is 0 Å². The molecule has 0 aliphatic carbocycles. The number of ether oxygens (including phenoxy) is 2.